The van der Waals surface area contributed by atoms with Crippen LogP contribution in [0.25, 0.3) is 0 Å². The second kappa shape index (κ2) is 7.01. The number of carbonyl (C=O) groups is 1. The van der Waals surface area contributed by atoms with Gasteiger partial charge in [0, 0.05) is 33.2 Å². The van der Waals surface area contributed by atoms with E-state index in [-0.39, 0.29) is 17.6 Å². The van der Waals surface area contributed by atoms with Crippen LogP contribution in [0.3, 0.4) is 0 Å². The average Bonchev–Trinajstić information content (AvgIpc) is 2.50. The van der Waals surface area contributed by atoms with Gasteiger partial charge in [0.1, 0.15) is 6.10 Å². The molecule has 1 amide bonds. The summed E-state index contributed by atoms with van der Waals surface area (Å²) >= 11 is 0. The van der Waals surface area contributed by atoms with Gasteiger partial charge in [0.2, 0.25) is 0 Å². The molecule has 2 saturated heterocycles. The maximum atomic E-state index is 12.0. The first-order valence-corrected chi connectivity index (χ1v) is 8.37. The zero-order valence-corrected chi connectivity index (χ0v) is 14.4. The minimum absolute atomic E-state index is 0.120. The van der Waals surface area contributed by atoms with Crippen molar-refractivity contribution in [2.24, 2.45) is 0 Å². The molecule has 0 radical (unpaired) electrons. The Hall–Kier alpha value is -1.07. The summed E-state index contributed by atoms with van der Waals surface area (Å²) in [7, 11) is 1.89. The molecule has 1 spiro atoms. The van der Waals surface area contributed by atoms with Crippen molar-refractivity contribution in [3.05, 3.63) is 11.3 Å². The highest BCUT2D eigenvalue weighted by Gasteiger charge is 2.44. The van der Waals surface area contributed by atoms with E-state index in [1.807, 2.05) is 25.8 Å². The van der Waals surface area contributed by atoms with Crippen LogP contribution in [0.4, 0.5) is 0 Å². The van der Waals surface area contributed by atoms with Crippen molar-refractivity contribution in [3.8, 4) is 0 Å². The molecule has 2 aliphatic heterocycles. The molecule has 0 aromatic rings. The zero-order chi connectivity index (χ0) is 16.3. The van der Waals surface area contributed by atoms with E-state index in [0.717, 1.165) is 50.9 Å². The molecule has 2 rings (SSSR count). The highest BCUT2D eigenvalue weighted by atomic mass is 16.5. The van der Waals surface area contributed by atoms with Gasteiger partial charge in [-0.15, -0.1) is 0 Å². The Balaban J connectivity index is 1.88. The molecule has 5 nitrogen and oxygen atoms in total. The first-order valence-electron chi connectivity index (χ1n) is 8.37. The summed E-state index contributed by atoms with van der Waals surface area (Å²) in [6.07, 6.45) is 3.33. The van der Waals surface area contributed by atoms with Gasteiger partial charge in [0.05, 0.1) is 11.4 Å². The molecule has 0 aromatic carbocycles. The molecule has 5 heteroatoms. The Morgan fingerprint density at radius 3 is 2.55 bits per heavy atom. The number of amides is 1. The lowest BCUT2D eigenvalue weighted by Gasteiger charge is -2.48. The van der Waals surface area contributed by atoms with Crippen LogP contribution in [0.1, 0.15) is 46.5 Å². The van der Waals surface area contributed by atoms with Crippen LogP contribution in [0.5, 0.6) is 0 Å². The van der Waals surface area contributed by atoms with Gasteiger partial charge in [-0.05, 0) is 45.1 Å². The summed E-state index contributed by atoms with van der Waals surface area (Å²) in [5, 5.41) is 9.46. The summed E-state index contributed by atoms with van der Waals surface area (Å²) in [4.78, 5) is 16.3. The Labute approximate surface area is 133 Å². The van der Waals surface area contributed by atoms with Crippen molar-refractivity contribution in [1.82, 2.24) is 9.80 Å². The maximum absolute atomic E-state index is 12.0. The molecule has 0 aromatic heterocycles. The van der Waals surface area contributed by atoms with Crippen LogP contribution < -0.4 is 0 Å². The Morgan fingerprint density at radius 2 is 2.00 bits per heavy atom. The number of ether oxygens (including phenoxy) is 1. The maximum Gasteiger partial charge on any atom is 0.251 e. The zero-order valence-electron chi connectivity index (χ0n) is 14.4. The second-order valence-corrected chi connectivity index (χ2v) is 6.85. The second-order valence-electron chi connectivity index (χ2n) is 6.85. The highest BCUT2D eigenvalue weighted by Crippen LogP contribution is 2.33. The molecule has 1 N–H and O–H groups in total. The molecule has 1 atom stereocenters. The number of hydrogen-bond acceptors (Lipinski definition) is 4. The molecule has 0 saturated carbocycles. The lowest BCUT2D eigenvalue weighted by atomic mass is 9.88. The SMILES string of the molecule is CCC1OC2(CCN(CC/C(C)=C(/C)O)CC2)CN(C)C1=O. The molecule has 1 unspecified atom stereocenters. The Kier molecular flexibility index (Phi) is 5.50. The third-order valence-electron chi connectivity index (χ3n) is 5.13. The molecular weight excluding hydrogens is 280 g/mol. The standard InChI is InChI=1S/C17H30N2O3/c1-5-15-16(21)18(4)12-17(22-15)7-10-19(11-8-17)9-6-13(2)14(3)20/h15,20H,5-12H2,1-4H3/b14-13-. The lowest BCUT2D eigenvalue weighted by molar-refractivity contribution is -0.190. The fourth-order valence-electron chi connectivity index (χ4n) is 3.37. The molecular formula is C17H30N2O3. The predicted octanol–water partition coefficient (Wildman–Crippen LogP) is 2.33. The predicted molar refractivity (Wildman–Crippen MR) is 86.8 cm³/mol. The smallest absolute Gasteiger partial charge is 0.251 e. The van der Waals surface area contributed by atoms with Crippen LogP contribution in [-0.4, -0.2) is 65.7 Å². The van der Waals surface area contributed by atoms with Crippen molar-refractivity contribution in [2.45, 2.75) is 58.2 Å². The van der Waals surface area contributed by atoms with Crippen molar-refractivity contribution >= 4 is 5.91 Å². The summed E-state index contributed by atoms with van der Waals surface area (Å²) in [6, 6.07) is 0. The topological polar surface area (TPSA) is 53.0 Å². The van der Waals surface area contributed by atoms with E-state index in [1.54, 1.807) is 6.92 Å². The number of likely N-dealkylation sites (N-methyl/N-ethyl adjacent to an activating group) is 1. The van der Waals surface area contributed by atoms with Gasteiger partial charge in [0.25, 0.3) is 5.91 Å². The van der Waals surface area contributed by atoms with Gasteiger partial charge in [-0.25, -0.2) is 0 Å². The summed E-state index contributed by atoms with van der Waals surface area (Å²) in [5.74, 6) is 0.560. The van der Waals surface area contributed by atoms with Crippen LogP contribution in [0.2, 0.25) is 0 Å². The van der Waals surface area contributed by atoms with E-state index >= 15 is 0 Å². The molecule has 2 heterocycles. The van der Waals surface area contributed by atoms with Gasteiger partial charge in [-0.2, -0.15) is 0 Å². The van der Waals surface area contributed by atoms with Crippen molar-refractivity contribution < 1.29 is 14.6 Å². The van der Waals surface area contributed by atoms with Gasteiger partial charge in [0.15, 0.2) is 0 Å². The first-order chi connectivity index (χ1) is 10.4. The highest BCUT2D eigenvalue weighted by molar-refractivity contribution is 5.81. The third-order valence-corrected chi connectivity index (χ3v) is 5.13. The normalized spacial score (nSPS) is 27.2. The number of carbonyl (C=O) groups excluding carboxylic acids is 1. The number of hydrogen-bond donors (Lipinski definition) is 1. The largest absolute Gasteiger partial charge is 0.513 e. The minimum atomic E-state index is -0.271. The van der Waals surface area contributed by atoms with Gasteiger partial charge in [-0.3, -0.25) is 4.79 Å². The van der Waals surface area contributed by atoms with E-state index in [2.05, 4.69) is 4.90 Å². The van der Waals surface area contributed by atoms with Crippen LogP contribution >= 0.6 is 0 Å². The number of allylic oxidation sites excluding steroid dienone is 1. The van der Waals surface area contributed by atoms with Crippen molar-refractivity contribution in [1.29, 1.82) is 0 Å². The average molecular weight is 310 g/mol. The van der Waals surface area contributed by atoms with E-state index in [1.165, 1.54) is 0 Å². The molecule has 2 aliphatic rings. The first kappa shape index (κ1) is 17.3. The number of morpholine rings is 1. The quantitative estimate of drug-likeness (QED) is 0.810. The number of rotatable bonds is 4. The summed E-state index contributed by atoms with van der Waals surface area (Å²) < 4.78 is 6.19. The van der Waals surface area contributed by atoms with Crippen LogP contribution in [-0.2, 0) is 9.53 Å². The Bertz CT molecular complexity index is 435. The molecule has 2 fully saturated rings. The number of aliphatic hydroxyl groups excluding tert-OH is 1. The molecule has 22 heavy (non-hydrogen) atoms. The van der Waals surface area contributed by atoms with Gasteiger partial charge < -0.3 is 19.6 Å². The monoisotopic (exact) mass is 310 g/mol. The molecule has 0 bridgehead atoms. The van der Waals surface area contributed by atoms with E-state index < -0.39 is 0 Å². The van der Waals surface area contributed by atoms with Crippen LogP contribution in [0, 0.1) is 0 Å². The van der Waals surface area contributed by atoms with E-state index in [4.69, 9.17) is 4.74 Å². The molecule has 0 aliphatic carbocycles. The number of nitrogens with zero attached hydrogens (tertiary/aromatic N) is 2. The summed E-state index contributed by atoms with van der Waals surface area (Å²) in [5.41, 5.74) is 0.906. The lowest BCUT2D eigenvalue weighted by Crippen LogP contribution is -2.60. The number of likely N-dealkylation sites (tertiary alicyclic amines) is 1. The minimum Gasteiger partial charge on any atom is -0.513 e. The summed E-state index contributed by atoms with van der Waals surface area (Å²) in [6.45, 7) is 9.42. The Morgan fingerprint density at radius 1 is 1.36 bits per heavy atom. The van der Waals surface area contributed by atoms with E-state index in [0.29, 0.717) is 12.3 Å². The third kappa shape index (κ3) is 3.82. The van der Waals surface area contributed by atoms with Gasteiger partial charge >= 0.3 is 0 Å². The van der Waals surface area contributed by atoms with Gasteiger partial charge in [-0.1, -0.05) is 6.92 Å². The number of piperidine rings is 1. The van der Waals surface area contributed by atoms with E-state index in [9.17, 15) is 9.90 Å². The van der Waals surface area contributed by atoms with Crippen molar-refractivity contribution in [2.75, 3.05) is 33.2 Å². The van der Waals surface area contributed by atoms with Crippen molar-refractivity contribution in [3.63, 3.8) is 0 Å². The number of aliphatic hydroxyl groups is 1. The fourth-order valence-corrected chi connectivity index (χ4v) is 3.37. The fraction of sp³-hybridized carbons (Fsp3) is 0.824. The van der Waals surface area contributed by atoms with Crippen LogP contribution in [0.15, 0.2) is 11.3 Å². The molecule has 126 valence electrons.